The lowest BCUT2D eigenvalue weighted by atomic mass is 10.1. The number of nitriles is 2. The van der Waals surface area contributed by atoms with Crippen LogP contribution in [-0.4, -0.2) is 9.97 Å². The third kappa shape index (κ3) is 3.63. The molecule has 0 bridgehead atoms. The van der Waals surface area contributed by atoms with E-state index in [2.05, 4.69) is 22.1 Å². The van der Waals surface area contributed by atoms with E-state index < -0.39 is 0 Å². The van der Waals surface area contributed by atoms with Crippen LogP contribution in [-0.2, 0) is 12.8 Å². The normalized spacial score (nSPS) is 9.70. The van der Waals surface area contributed by atoms with Crippen LogP contribution in [0.15, 0.2) is 36.7 Å². The fourth-order valence-corrected chi connectivity index (χ4v) is 1.85. The zero-order chi connectivity index (χ0) is 14.2. The quantitative estimate of drug-likeness (QED) is 0.830. The topological polar surface area (TPSA) is 73.4 Å². The lowest BCUT2D eigenvalue weighted by Crippen LogP contribution is -1.92. The second-order valence-electron chi connectivity index (χ2n) is 4.42. The van der Waals surface area contributed by atoms with Gasteiger partial charge in [-0.05, 0) is 36.1 Å². The summed E-state index contributed by atoms with van der Waals surface area (Å²) in [4.78, 5) is 8.74. The summed E-state index contributed by atoms with van der Waals surface area (Å²) in [6.45, 7) is 0. The van der Waals surface area contributed by atoms with Crippen LogP contribution in [0, 0.1) is 22.7 Å². The van der Waals surface area contributed by atoms with Gasteiger partial charge in [0.15, 0.2) is 0 Å². The van der Waals surface area contributed by atoms with Crippen LogP contribution in [0.2, 0.25) is 0 Å². The van der Waals surface area contributed by atoms with Gasteiger partial charge in [-0.2, -0.15) is 10.5 Å². The van der Waals surface area contributed by atoms with Crippen molar-refractivity contribution in [2.75, 3.05) is 0 Å². The zero-order valence-electron chi connectivity index (χ0n) is 11.1. The largest absolute Gasteiger partial charge is 0.254 e. The van der Waals surface area contributed by atoms with Crippen molar-refractivity contribution in [1.82, 2.24) is 9.97 Å². The Hall–Kier alpha value is -2.72. The maximum absolute atomic E-state index is 8.55. The first kappa shape index (κ1) is 13.7. The van der Waals surface area contributed by atoms with Crippen LogP contribution in [0.5, 0.6) is 0 Å². The maximum Gasteiger partial charge on any atom is 0.0886 e. The van der Waals surface area contributed by atoms with E-state index in [9.17, 15) is 0 Å². The molecule has 0 N–H and O–H groups in total. The van der Waals surface area contributed by atoms with Gasteiger partial charge < -0.3 is 0 Å². The molecular weight excluding hydrogens is 248 g/mol. The van der Waals surface area contributed by atoms with Gasteiger partial charge >= 0.3 is 0 Å². The molecule has 0 unspecified atom stereocenters. The van der Waals surface area contributed by atoms with Crippen LogP contribution in [0.4, 0.5) is 0 Å². The molecule has 0 atom stereocenters. The average molecular weight is 262 g/mol. The number of aromatic nitrogens is 2. The highest BCUT2D eigenvalue weighted by Crippen LogP contribution is 2.15. The molecule has 0 amide bonds. The summed E-state index contributed by atoms with van der Waals surface area (Å²) >= 11 is 0. The predicted molar refractivity (Wildman–Crippen MR) is 75.3 cm³/mol. The Morgan fingerprint density at radius 1 is 0.750 bits per heavy atom. The third-order valence-corrected chi connectivity index (χ3v) is 2.96. The molecule has 2 rings (SSSR count). The monoisotopic (exact) mass is 262 g/mol. The number of pyridine rings is 2. The molecule has 2 aromatic rings. The first-order valence-electron chi connectivity index (χ1n) is 6.47. The maximum atomic E-state index is 8.55. The summed E-state index contributed by atoms with van der Waals surface area (Å²) in [6, 6.07) is 12.0. The molecular formula is C16H14N4. The Kier molecular flexibility index (Phi) is 4.81. The molecule has 4 heteroatoms. The molecule has 2 heterocycles. The van der Waals surface area contributed by atoms with Crippen molar-refractivity contribution in [3.05, 3.63) is 47.8 Å². The van der Waals surface area contributed by atoms with Crippen molar-refractivity contribution in [3.63, 3.8) is 0 Å². The molecule has 0 radical (unpaired) electrons. The molecule has 0 aliphatic carbocycles. The van der Waals surface area contributed by atoms with Crippen LogP contribution < -0.4 is 0 Å². The van der Waals surface area contributed by atoms with E-state index in [1.165, 1.54) is 0 Å². The Labute approximate surface area is 118 Å². The summed E-state index contributed by atoms with van der Waals surface area (Å²) in [5.41, 5.74) is 3.75. The number of hydrogen-bond acceptors (Lipinski definition) is 4. The Balaban J connectivity index is 2.08. The highest BCUT2D eigenvalue weighted by Gasteiger charge is 2.02. The smallest absolute Gasteiger partial charge is 0.0886 e. The van der Waals surface area contributed by atoms with Crippen molar-refractivity contribution in [3.8, 4) is 23.5 Å². The van der Waals surface area contributed by atoms with Gasteiger partial charge in [0.05, 0.1) is 23.5 Å². The average Bonchev–Trinajstić information content (AvgIpc) is 2.52. The van der Waals surface area contributed by atoms with Crippen molar-refractivity contribution >= 4 is 0 Å². The van der Waals surface area contributed by atoms with E-state index in [1.54, 1.807) is 12.4 Å². The van der Waals surface area contributed by atoms with Crippen LogP contribution in [0.1, 0.15) is 24.0 Å². The van der Waals surface area contributed by atoms with E-state index >= 15 is 0 Å². The van der Waals surface area contributed by atoms with Gasteiger partial charge in [-0.3, -0.25) is 9.97 Å². The first-order chi connectivity index (χ1) is 9.83. The molecule has 0 saturated heterocycles. The molecule has 0 fully saturated rings. The van der Waals surface area contributed by atoms with Crippen molar-refractivity contribution < 1.29 is 0 Å². The van der Waals surface area contributed by atoms with Gasteiger partial charge in [-0.15, -0.1) is 0 Å². The molecule has 0 aliphatic heterocycles. The lowest BCUT2D eigenvalue weighted by Gasteiger charge is -2.03. The van der Waals surface area contributed by atoms with E-state index in [1.807, 2.05) is 24.3 Å². The van der Waals surface area contributed by atoms with E-state index in [0.29, 0.717) is 12.8 Å². The molecule has 98 valence electrons. The summed E-state index contributed by atoms with van der Waals surface area (Å²) < 4.78 is 0. The van der Waals surface area contributed by atoms with E-state index in [-0.39, 0.29) is 0 Å². The minimum atomic E-state index is 0.507. The van der Waals surface area contributed by atoms with Crippen molar-refractivity contribution in [2.45, 2.75) is 25.7 Å². The SMILES string of the molecule is N#CCCc1ccc(-c2ccc(CCC#N)cn2)nc1. The molecule has 0 spiro atoms. The fourth-order valence-electron chi connectivity index (χ4n) is 1.85. The van der Waals surface area contributed by atoms with Gasteiger partial charge in [0.25, 0.3) is 0 Å². The van der Waals surface area contributed by atoms with Gasteiger partial charge in [0.1, 0.15) is 0 Å². The van der Waals surface area contributed by atoms with Gasteiger partial charge in [-0.1, -0.05) is 12.1 Å². The van der Waals surface area contributed by atoms with E-state index in [4.69, 9.17) is 10.5 Å². The Morgan fingerprint density at radius 3 is 1.50 bits per heavy atom. The molecule has 4 nitrogen and oxygen atoms in total. The summed E-state index contributed by atoms with van der Waals surface area (Å²) in [5.74, 6) is 0. The molecule has 20 heavy (non-hydrogen) atoms. The summed E-state index contributed by atoms with van der Waals surface area (Å²) in [7, 11) is 0. The number of hydrogen-bond donors (Lipinski definition) is 0. The Morgan fingerprint density at radius 2 is 1.20 bits per heavy atom. The lowest BCUT2D eigenvalue weighted by molar-refractivity contribution is 0.990. The number of aryl methyl sites for hydroxylation is 2. The van der Waals surface area contributed by atoms with Gasteiger partial charge in [-0.25, -0.2) is 0 Å². The number of nitrogens with zero attached hydrogens (tertiary/aromatic N) is 4. The predicted octanol–water partition coefficient (Wildman–Crippen LogP) is 3.06. The van der Waals surface area contributed by atoms with Crippen LogP contribution in [0.3, 0.4) is 0 Å². The highest BCUT2D eigenvalue weighted by atomic mass is 14.8. The van der Waals surface area contributed by atoms with E-state index in [0.717, 1.165) is 35.4 Å². The zero-order valence-corrected chi connectivity index (χ0v) is 11.1. The molecule has 0 aromatic carbocycles. The second kappa shape index (κ2) is 7.01. The second-order valence-corrected chi connectivity index (χ2v) is 4.42. The minimum Gasteiger partial charge on any atom is -0.254 e. The fraction of sp³-hybridized carbons (Fsp3) is 0.250. The van der Waals surface area contributed by atoms with Crippen LogP contribution in [0.25, 0.3) is 11.4 Å². The molecule has 2 aromatic heterocycles. The van der Waals surface area contributed by atoms with Crippen molar-refractivity contribution in [2.24, 2.45) is 0 Å². The summed E-state index contributed by atoms with van der Waals surface area (Å²) in [5, 5.41) is 17.1. The number of rotatable bonds is 5. The minimum absolute atomic E-state index is 0.507. The van der Waals surface area contributed by atoms with Gasteiger partial charge in [0, 0.05) is 25.2 Å². The van der Waals surface area contributed by atoms with Crippen LogP contribution >= 0.6 is 0 Å². The third-order valence-electron chi connectivity index (χ3n) is 2.96. The van der Waals surface area contributed by atoms with Gasteiger partial charge in [0.2, 0.25) is 0 Å². The standard InChI is InChI=1S/C16H14N4/c17-9-1-3-13-5-7-15(19-11-13)16-8-6-14(12-20-16)4-2-10-18/h5-8,11-12H,1-4H2. The summed E-state index contributed by atoms with van der Waals surface area (Å²) in [6.07, 6.45) is 6.05. The first-order valence-corrected chi connectivity index (χ1v) is 6.47. The highest BCUT2D eigenvalue weighted by molar-refractivity contribution is 5.54. The Bertz CT molecular complexity index is 571. The molecule has 0 saturated carbocycles. The van der Waals surface area contributed by atoms with Crippen molar-refractivity contribution in [1.29, 1.82) is 10.5 Å². The molecule has 0 aliphatic rings.